The van der Waals surface area contributed by atoms with Crippen LogP contribution in [0.25, 0.3) is 0 Å². The highest BCUT2D eigenvalue weighted by molar-refractivity contribution is 5.30. The summed E-state index contributed by atoms with van der Waals surface area (Å²) in [5.74, 6) is -0.697. The fourth-order valence-corrected chi connectivity index (χ4v) is 1.29. The summed E-state index contributed by atoms with van der Waals surface area (Å²) < 4.78 is 55.2. The van der Waals surface area contributed by atoms with Crippen LogP contribution in [0.1, 0.15) is 5.56 Å². The number of benzene rings is 1. The maximum Gasteiger partial charge on any atom is 0.416 e. The molecule has 94 valence electrons. The number of alkyl halides is 3. The molecule has 0 spiro atoms. The SMILES string of the molecule is Fc1cccc(Oc2cc(C(F)(F)F)ccn2)c1. The molecule has 2 nitrogen and oxygen atoms in total. The number of pyridine rings is 1. The molecule has 0 fully saturated rings. The summed E-state index contributed by atoms with van der Waals surface area (Å²) in [6.45, 7) is 0. The van der Waals surface area contributed by atoms with Gasteiger partial charge in [0.1, 0.15) is 11.6 Å². The number of hydrogen-bond donors (Lipinski definition) is 0. The number of nitrogens with zero attached hydrogens (tertiary/aromatic N) is 1. The molecule has 0 saturated carbocycles. The predicted octanol–water partition coefficient (Wildman–Crippen LogP) is 4.03. The maximum atomic E-state index is 12.9. The van der Waals surface area contributed by atoms with Crippen molar-refractivity contribution in [3.05, 3.63) is 54.0 Å². The lowest BCUT2D eigenvalue weighted by Gasteiger charge is -2.08. The number of rotatable bonds is 2. The normalized spacial score (nSPS) is 11.3. The molecule has 2 aromatic rings. The third-order valence-corrected chi connectivity index (χ3v) is 2.08. The van der Waals surface area contributed by atoms with Crippen LogP contribution in [0.2, 0.25) is 0 Å². The third-order valence-electron chi connectivity index (χ3n) is 2.08. The van der Waals surface area contributed by atoms with Gasteiger partial charge in [-0.2, -0.15) is 13.2 Å². The smallest absolute Gasteiger partial charge is 0.416 e. The molecule has 1 aromatic carbocycles. The lowest BCUT2D eigenvalue weighted by molar-refractivity contribution is -0.137. The van der Waals surface area contributed by atoms with Crippen molar-refractivity contribution in [1.82, 2.24) is 4.98 Å². The minimum absolute atomic E-state index is 0.0850. The van der Waals surface area contributed by atoms with Crippen molar-refractivity contribution >= 4 is 0 Å². The molecule has 0 aliphatic carbocycles. The van der Waals surface area contributed by atoms with Gasteiger partial charge >= 0.3 is 6.18 Å². The van der Waals surface area contributed by atoms with Gasteiger partial charge in [-0.05, 0) is 18.2 Å². The number of aromatic nitrogens is 1. The van der Waals surface area contributed by atoms with Gasteiger partial charge in [-0.25, -0.2) is 9.37 Å². The fourth-order valence-electron chi connectivity index (χ4n) is 1.29. The average molecular weight is 257 g/mol. The van der Waals surface area contributed by atoms with Gasteiger partial charge in [-0.15, -0.1) is 0 Å². The van der Waals surface area contributed by atoms with E-state index >= 15 is 0 Å². The Labute approximate surface area is 99.8 Å². The van der Waals surface area contributed by atoms with E-state index in [-0.39, 0.29) is 11.6 Å². The van der Waals surface area contributed by atoms with Crippen LogP contribution in [0.3, 0.4) is 0 Å². The Morgan fingerprint density at radius 2 is 1.83 bits per heavy atom. The summed E-state index contributed by atoms with van der Waals surface area (Å²) in [4.78, 5) is 3.63. The Hall–Kier alpha value is -2.11. The highest BCUT2D eigenvalue weighted by Gasteiger charge is 2.31. The van der Waals surface area contributed by atoms with E-state index < -0.39 is 17.6 Å². The van der Waals surface area contributed by atoms with Gasteiger partial charge in [-0.1, -0.05) is 6.07 Å². The molecule has 0 radical (unpaired) electrons. The molecular weight excluding hydrogens is 250 g/mol. The van der Waals surface area contributed by atoms with Gasteiger partial charge < -0.3 is 4.74 Å². The molecule has 0 saturated heterocycles. The fraction of sp³-hybridized carbons (Fsp3) is 0.0833. The maximum absolute atomic E-state index is 12.9. The predicted molar refractivity (Wildman–Crippen MR) is 55.7 cm³/mol. The van der Waals surface area contributed by atoms with Crippen molar-refractivity contribution in [3.63, 3.8) is 0 Å². The van der Waals surface area contributed by atoms with E-state index in [9.17, 15) is 17.6 Å². The zero-order valence-electron chi connectivity index (χ0n) is 8.91. The number of hydrogen-bond acceptors (Lipinski definition) is 2. The molecule has 0 N–H and O–H groups in total. The average Bonchev–Trinajstić information content (AvgIpc) is 2.28. The second-order valence-electron chi connectivity index (χ2n) is 3.44. The number of halogens is 4. The van der Waals surface area contributed by atoms with Crippen molar-refractivity contribution in [3.8, 4) is 11.6 Å². The molecule has 0 unspecified atom stereocenters. The Balaban J connectivity index is 2.25. The van der Waals surface area contributed by atoms with E-state index in [1.165, 1.54) is 18.2 Å². The monoisotopic (exact) mass is 257 g/mol. The van der Waals surface area contributed by atoms with Gasteiger partial charge in [0.25, 0.3) is 0 Å². The lowest BCUT2D eigenvalue weighted by atomic mass is 10.2. The molecule has 1 heterocycles. The Morgan fingerprint density at radius 3 is 2.50 bits per heavy atom. The summed E-state index contributed by atoms with van der Waals surface area (Å²) in [6, 6.07) is 6.65. The molecule has 18 heavy (non-hydrogen) atoms. The molecule has 0 amide bonds. The summed E-state index contributed by atoms with van der Waals surface area (Å²) >= 11 is 0. The van der Waals surface area contributed by atoms with Crippen molar-refractivity contribution in [2.45, 2.75) is 6.18 Å². The zero-order valence-corrected chi connectivity index (χ0v) is 8.91. The summed E-state index contributed by atoms with van der Waals surface area (Å²) in [6.07, 6.45) is -3.49. The first-order valence-corrected chi connectivity index (χ1v) is 4.92. The third kappa shape index (κ3) is 2.97. The van der Waals surface area contributed by atoms with Crippen LogP contribution in [0.5, 0.6) is 11.6 Å². The Kier molecular flexibility index (Phi) is 3.18. The first kappa shape index (κ1) is 12.3. The quantitative estimate of drug-likeness (QED) is 0.758. The zero-order chi connectivity index (χ0) is 13.2. The highest BCUT2D eigenvalue weighted by atomic mass is 19.4. The van der Waals surface area contributed by atoms with E-state index in [0.29, 0.717) is 0 Å². The molecule has 0 bridgehead atoms. The first-order valence-electron chi connectivity index (χ1n) is 4.92. The second-order valence-corrected chi connectivity index (χ2v) is 3.44. The molecule has 0 aliphatic heterocycles. The van der Waals surface area contributed by atoms with Crippen molar-refractivity contribution in [2.75, 3.05) is 0 Å². The van der Waals surface area contributed by atoms with E-state index in [0.717, 1.165) is 24.4 Å². The van der Waals surface area contributed by atoms with Crippen molar-refractivity contribution < 1.29 is 22.3 Å². The Morgan fingerprint density at radius 1 is 1.06 bits per heavy atom. The van der Waals surface area contributed by atoms with Crippen LogP contribution in [-0.4, -0.2) is 4.98 Å². The van der Waals surface area contributed by atoms with E-state index in [1.54, 1.807) is 0 Å². The van der Waals surface area contributed by atoms with Crippen LogP contribution in [0.4, 0.5) is 17.6 Å². The highest BCUT2D eigenvalue weighted by Crippen LogP contribution is 2.31. The van der Waals surface area contributed by atoms with E-state index in [4.69, 9.17) is 4.74 Å². The molecule has 0 atom stereocenters. The molecule has 0 aliphatic rings. The van der Waals surface area contributed by atoms with Crippen molar-refractivity contribution in [2.24, 2.45) is 0 Å². The standard InChI is InChI=1S/C12H7F4NO/c13-9-2-1-3-10(7-9)18-11-6-8(4-5-17-11)12(14,15)16/h1-7H. The second kappa shape index (κ2) is 4.64. The summed E-state index contributed by atoms with van der Waals surface area (Å²) in [5, 5.41) is 0. The van der Waals surface area contributed by atoms with Gasteiger partial charge in [0.05, 0.1) is 5.56 Å². The topological polar surface area (TPSA) is 22.1 Å². The van der Waals surface area contributed by atoms with Crippen LogP contribution >= 0.6 is 0 Å². The molecule has 6 heteroatoms. The lowest BCUT2D eigenvalue weighted by Crippen LogP contribution is -2.05. The van der Waals surface area contributed by atoms with Crippen LogP contribution in [0.15, 0.2) is 42.6 Å². The van der Waals surface area contributed by atoms with E-state index in [1.807, 2.05) is 0 Å². The largest absolute Gasteiger partial charge is 0.439 e. The van der Waals surface area contributed by atoms with E-state index in [2.05, 4.69) is 4.98 Å². The molecular formula is C12H7F4NO. The summed E-state index contributed by atoms with van der Waals surface area (Å²) in [5.41, 5.74) is -0.871. The van der Waals surface area contributed by atoms with Crippen LogP contribution in [-0.2, 0) is 6.18 Å². The first-order chi connectivity index (χ1) is 8.45. The van der Waals surface area contributed by atoms with Gasteiger partial charge in [-0.3, -0.25) is 0 Å². The van der Waals surface area contributed by atoms with Crippen LogP contribution < -0.4 is 4.74 Å². The summed E-state index contributed by atoms with van der Waals surface area (Å²) in [7, 11) is 0. The van der Waals surface area contributed by atoms with Crippen LogP contribution in [0, 0.1) is 5.82 Å². The minimum Gasteiger partial charge on any atom is -0.439 e. The van der Waals surface area contributed by atoms with Gasteiger partial charge in [0.2, 0.25) is 5.88 Å². The van der Waals surface area contributed by atoms with Gasteiger partial charge in [0.15, 0.2) is 0 Å². The Bertz CT molecular complexity index is 554. The molecule has 1 aromatic heterocycles. The minimum atomic E-state index is -4.47. The molecule has 2 rings (SSSR count). The number of ether oxygens (including phenoxy) is 1. The van der Waals surface area contributed by atoms with Gasteiger partial charge in [0, 0.05) is 18.3 Å². The van der Waals surface area contributed by atoms with Crippen molar-refractivity contribution in [1.29, 1.82) is 0 Å².